The summed E-state index contributed by atoms with van der Waals surface area (Å²) < 4.78 is 5.87. The molecule has 0 saturated carbocycles. The van der Waals surface area contributed by atoms with Crippen LogP contribution < -0.4 is 11.1 Å². The maximum Gasteiger partial charge on any atom is 0.0717 e. The monoisotopic (exact) mass is 258 g/mol. The van der Waals surface area contributed by atoms with Crippen molar-refractivity contribution in [2.45, 2.75) is 91.0 Å². The van der Waals surface area contributed by atoms with Crippen molar-refractivity contribution in [1.82, 2.24) is 5.32 Å². The maximum absolute atomic E-state index is 6.14. The van der Waals surface area contributed by atoms with E-state index < -0.39 is 0 Å². The van der Waals surface area contributed by atoms with E-state index in [1.165, 1.54) is 25.7 Å². The molecule has 0 amide bonds. The van der Waals surface area contributed by atoms with E-state index in [0.29, 0.717) is 6.04 Å². The van der Waals surface area contributed by atoms with Crippen molar-refractivity contribution in [2.24, 2.45) is 5.73 Å². The predicted octanol–water partition coefficient (Wildman–Crippen LogP) is 3.08. The molecule has 0 aliphatic rings. The fourth-order valence-corrected chi connectivity index (χ4v) is 1.95. The molecule has 0 heterocycles. The Kier molecular flexibility index (Phi) is 8.83. The summed E-state index contributed by atoms with van der Waals surface area (Å²) in [5.41, 5.74) is 6.02. The summed E-state index contributed by atoms with van der Waals surface area (Å²) in [5, 5.41) is 3.50. The molecule has 0 aromatic carbocycles. The molecule has 3 nitrogen and oxygen atoms in total. The molecule has 0 spiro atoms. The van der Waals surface area contributed by atoms with Gasteiger partial charge in [-0.15, -0.1) is 0 Å². The number of hydrogen-bond donors (Lipinski definition) is 2. The van der Waals surface area contributed by atoms with E-state index in [9.17, 15) is 0 Å². The van der Waals surface area contributed by atoms with Crippen LogP contribution in [0.2, 0.25) is 0 Å². The van der Waals surface area contributed by atoms with Crippen molar-refractivity contribution >= 4 is 0 Å². The van der Waals surface area contributed by atoms with Gasteiger partial charge in [-0.05, 0) is 41.0 Å². The van der Waals surface area contributed by atoms with Gasteiger partial charge >= 0.3 is 0 Å². The van der Waals surface area contributed by atoms with Crippen LogP contribution in [0, 0.1) is 0 Å². The Morgan fingerprint density at radius 1 is 1.17 bits per heavy atom. The third kappa shape index (κ3) is 9.86. The molecule has 1 unspecified atom stereocenters. The Morgan fingerprint density at radius 3 is 2.28 bits per heavy atom. The highest BCUT2D eigenvalue weighted by Gasteiger charge is 2.20. The molecule has 0 radical (unpaired) electrons. The predicted molar refractivity (Wildman–Crippen MR) is 79.9 cm³/mol. The lowest BCUT2D eigenvalue weighted by atomic mass is 10.1. The van der Waals surface area contributed by atoms with E-state index in [0.717, 1.165) is 6.54 Å². The number of nitrogens with two attached hydrogens (primary N) is 1. The molecule has 0 fully saturated rings. The first kappa shape index (κ1) is 17.9. The van der Waals surface area contributed by atoms with Gasteiger partial charge in [0, 0.05) is 18.6 Å². The first-order valence-electron chi connectivity index (χ1n) is 7.43. The summed E-state index contributed by atoms with van der Waals surface area (Å²) in [6.07, 6.45) is 5.22. The van der Waals surface area contributed by atoms with Crippen molar-refractivity contribution in [3.8, 4) is 0 Å². The molecule has 3 atom stereocenters. The highest BCUT2D eigenvalue weighted by molar-refractivity contribution is 4.76. The van der Waals surface area contributed by atoms with E-state index in [1.807, 2.05) is 0 Å². The zero-order valence-corrected chi connectivity index (χ0v) is 13.3. The highest BCUT2D eigenvalue weighted by Crippen LogP contribution is 2.12. The summed E-state index contributed by atoms with van der Waals surface area (Å²) in [7, 11) is 0. The van der Waals surface area contributed by atoms with Crippen molar-refractivity contribution in [1.29, 1.82) is 0 Å². The fraction of sp³-hybridized carbons (Fsp3) is 1.00. The third-order valence-corrected chi connectivity index (χ3v) is 3.09. The SMILES string of the molecule is CCCCCC(C)NC[C@@H](N)[C@@H](C)OC(C)(C)C. The Bertz CT molecular complexity index is 201. The van der Waals surface area contributed by atoms with Crippen molar-refractivity contribution in [3.63, 3.8) is 0 Å². The van der Waals surface area contributed by atoms with Gasteiger partial charge < -0.3 is 15.8 Å². The largest absolute Gasteiger partial charge is 0.371 e. The summed E-state index contributed by atoms with van der Waals surface area (Å²) in [5.74, 6) is 0. The molecule has 18 heavy (non-hydrogen) atoms. The minimum Gasteiger partial charge on any atom is -0.371 e. The smallest absolute Gasteiger partial charge is 0.0717 e. The van der Waals surface area contributed by atoms with Crippen LogP contribution in [0.4, 0.5) is 0 Å². The summed E-state index contributed by atoms with van der Waals surface area (Å²) in [6, 6.07) is 0.599. The van der Waals surface area contributed by atoms with Gasteiger partial charge in [-0.2, -0.15) is 0 Å². The van der Waals surface area contributed by atoms with Crippen LogP contribution in [0.3, 0.4) is 0 Å². The molecule has 110 valence electrons. The minimum absolute atomic E-state index is 0.0536. The number of rotatable bonds is 9. The minimum atomic E-state index is -0.121. The van der Waals surface area contributed by atoms with Gasteiger partial charge in [0.15, 0.2) is 0 Å². The highest BCUT2D eigenvalue weighted by atomic mass is 16.5. The number of ether oxygens (including phenoxy) is 1. The van der Waals surface area contributed by atoms with Gasteiger partial charge in [-0.1, -0.05) is 26.2 Å². The van der Waals surface area contributed by atoms with Crippen LogP contribution >= 0.6 is 0 Å². The molecule has 0 aromatic rings. The number of nitrogens with one attached hydrogen (secondary N) is 1. The van der Waals surface area contributed by atoms with E-state index in [4.69, 9.17) is 10.5 Å². The molecule has 0 aromatic heterocycles. The Labute approximate surface area is 114 Å². The summed E-state index contributed by atoms with van der Waals surface area (Å²) >= 11 is 0. The molecule has 3 N–H and O–H groups in total. The van der Waals surface area contributed by atoms with Crippen LogP contribution in [0.1, 0.15) is 67.2 Å². The number of hydrogen-bond acceptors (Lipinski definition) is 3. The van der Waals surface area contributed by atoms with Crippen LogP contribution in [0.15, 0.2) is 0 Å². The van der Waals surface area contributed by atoms with Crippen molar-refractivity contribution < 1.29 is 4.74 Å². The maximum atomic E-state index is 6.14. The summed E-state index contributed by atoms with van der Waals surface area (Å²) in [4.78, 5) is 0. The van der Waals surface area contributed by atoms with Gasteiger partial charge in [-0.3, -0.25) is 0 Å². The lowest BCUT2D eigenvalue weighted by Crippen LogP contribution is -2.47. The normalized spacial score (nSPS) is 17.5. The average molecular weight is 258 g/mol. The Morgan fingerprint density at radius 2 is 1.78 bits per heavy atom. The molecular formula is C15H34N2O. The average Bonchev–Trinajstić information content (AvgIpc) is 2.23. The second-order valence-electron chi connectivity index (χ2n) is 6.40. The quantitative estimate of drug-likeness (QED) is 0.625. The van der Waals surface area contributed by atoms with Crippen molar-refractivity contribution in [3.05, 3.63) is 0 Å². The standard InChI is InChI=1S/C15H34N2O/c1-7-8-9-10-12(2)17-11-14(16)13(3)18-15(4,5)6/h12-14,17H,7-11,16H2,1-6H3/t12?,13-,14-/m1/s1. The first-order chi connectivity index (χ1) is 8.26. The van der Waals surface area contributed by atoms with Crippen LogP contribution in [-0.2, 0) is 4.74 Å². The van der Waals surface area contributed by atoms with E-state index >= 15 is 0 Å². The van der Waals surface area contributed by atoms with Gasteiger partial charge in [0.2, 0.25) is 0 Å². The van der Waals surface area contributed by atoms with Crippen molar-refractivity contribution in [2.75, 3.05) is 6.54 Å². The topological polar surface area (TPSA) is 47.3 Å². The molecular weight excluding hydrogens is 224 g/mol. The molecule has 0 saturated heterocycles. The van der Waals surface area contributed by atoms with Gasteiger partial charge in [-0.25, -0.2) is 0 Å². The molecule has 0 aliphatic carbocycles. The van der Waals surface area contributed by atoms with Gasteiger partial charge in [0.1, 0.15) is 0 Å². The summed E-state index contributed by atoms with van der Waals surface area (Å²) in [6.45, 7) is 13.5. The second kappa shape index (κ2) is 8.89. The third-order valence-electron chi connectivity index (χ3n) is 3.09. The van der Waals surface area contributed by atoms with Crippen LogP contribution in [-0.4, -0.2) is 30.3 Å². The second-order valence-corrected chi connectivity index (χ2v) is 6.40. The van der Waals surface area contributed by atoms with Gasteiger partial charge in [0.05, 0.1) is 11.7 Å². The van der Waals surface area contributed by atoms with Gasteiger partial charge in [0.25, 0.3) is 0 Å². The zero-order chi connectivity index (χ0) is 14.2. The van der Waals surface area contributed by atoms with Crippen LogP contribution in [0.25, 0.3) is 0 Å². The zero-order valence-electron chi connectivity index (χ0n) is 13.3. The lowest BCUT2D eigenvalue weighted by Gasteiger charge is -2.29. The Hall–Kier alpha value is -0.120. The molecule has 3 heteroatoms. The van der Waals surface area contributed by atoms with E-state index in [2.05, 4.69) is 46.9 Å². The van der Waals surface area contributed by atoms with E-state index in [1.54, 1.807) is 0 Å². The lowest BCUT2D eigenvalue weighted by molar-refractivity contribution is -0.0610. The number of unbranched alkanes of at least 4 members (excludes halogenated alkanes) is 2. The Balaban J connectivity index is 3.77. The molecule has 0 aliphatic heterocycles. The first-order valence-corrected chi connectivity index (χ1v) is 7.43. The molecule has 0 bridgehead atoms. The van der Waals surface area contributed by atoms with Crippen LogP contribution in [0.5, 0.6) is 0 Å². The fourth-order valence-electron chi connectivity index (χ4n) is 1.95. The molecule has 0 rings (SSSR count). The van der Waals surface area contributed by atoms with E-state index in [-0.39, 0.29) is 17.7 Å².